The average molecular weight is 835 g/mol. The summed E-state index contributed by atoms with van der Waals surface area (Å²) < 4.78 is 12.7. The highest BCUT2D eigenvalue weighted by molar-refractivity contribution is 5.74. The van der Waals surface area contributed by atoms with Crippen molar-refractivity contribution >= 4 is 5.97 Å². The molecule has 2 N–H and O–H groups in total. The Labute approximate surface area is 370 Å². The van der Waals surface area contributed by atoms with Gasteiger partial charge in [-0.3, -0.25) is 4.79 Å². The summed E-state index contributed by atoms with van der Waals surface area (Å²) in [7, 11) is 1.78. The minimum atomic E-state index is -1.07. The minimum absolute atomic E-state index is 0.00904. The van der Waals surface area contributed by atoms with Gasteiger partial charge in [0, 0.05) is 36.7 Å². The number of carboxylic acids is 1. The van der Waals surface area contributed by atoms with Crippen LogP contribution in [0.4, 0.5) is 0 Å². The number of aliphatic carboxylic acids is 1. The minimum Gasteiger partial charge on any atom is -0.481 e. The molecule has 1 aliphatic heterocycles. The summed E-state index contributed by atoms with van der Waals surface area (Å²) in [6.45, 7) is 13.3. The molecule has 8 aliphatic carbocycles. The molecule has 5 heteroatoms. The van der Waals surface area contributed by atoms with Crippen LogP contribution >= 0.6 is 0 Å². The van der Waals surface area contributed by atoms with Crippen LogP contribution in [-0.2, 0) is 27.1 Å². The monoisotopic (exact) mass is 835 g/mol. The highest BCUT2D eigenvalue weighted by Crippen LogP contribution is 2.88. The molecule has 336 valence electrons. The Balaban J connectivity index is 1.12. The summed E-state index contributed by atoms with van der Waals surface area (Å²) in [5.41, 5.74) is 1.94. The molecule has 7 saturated carbocycles. The second kappa shape index (κ2) is 15.1. The topological polar surface area (TPSA) is 76.0 Å². The number of hydrogen-bond donors (Lipinski definition) is 2. The molecule has 10 rings (SSSR count). The van der Waals surface area contributed by atoms with Crippen molar-refractivity contribution in [3.63, 3.8) is 0 Å². The van der Waals surface area contributed by atoms with Crippen LogP contribution in [0.5, 0.6) is 0 Å². The number of methoxy groups -OCH3 is 1. The lowest BCUT2D eigenvalue weighted by Gasteiger charge is -2.82. The summed E-state index contributed by atoms with van der Waals surface area (Å²) in [4.78, 5) is 13.3. The van der Waals surface area contributed by atoms with Gasteiger partial charge in [0.05, 0.1) is 18.1 Å². The van der Waals surface area contributed by atoms with Crippen molar-refractivity contribution in [1.29, 1.82) is 0 Å². The highest BCUT2D eigenvalue weighted by Gasteiger charge is 2.84. The van der Waals surface area contributed by atoms with Crippen molar-refractivity contribution in [2.24, 2.45) is 79.3 Å². The summed E-state index contributed by atoms with van der Waals surface area (Å²) in [5.74, 6) is 10.6. The van der Waals surface area contributed by atoms with Crippen molar-refractivity contribution in [2.45, 2.75) is 201 Å². The fourth-order valence-electron chi connectivity index (χ4n) is 19.5. The van der Waals surface area contributed by atoms with E-state index in [1.54, 1.807) is 7.11 Å². The first-order chi connectivity index (χ1) is 29.2. The first-order valence-electron chi connectivity index (χ1n) is 25.9. The Hall–Kier alpha value is -1.87. The number of fused-ring (bicyclic) bond motifs is 2. The third-order valence-electron chi connectivity index (χ3n) is 22.5. The van der Waals surface area contributed by atoms with Crippen LogP contribution in [0.3, 0.4) is 0 Å². The molecule has 0 amide bonds. The van der Waals surface area contributed by atoms with Crippen molar-refractivity contribution in [3.8, 4) is 11.8 Å². The maximum atomic E-state index is 13.3. The van der Waals surface area contributed by atoms with Gasteiger partial charge in [0.1, 0.15) is 0 Å². The normalized spacial score (nSPS) is 49.6. The van der Waals surface area contributed by atoms with Gasteiger partial charge in [-0.15, -0.1) is 5.92 Å². The van der Waals surface area contributed by atoms with Crippen LogP contribution in [0.1, 0.15) is 187 Å². The Bertz CT molecular complexity index is 1890. The van der Waals surface area contributed by atoms with Crippen LogP contribution in [0.25, 0.3) is 0 Å². The van der Waals surface area contributed by atoms with Crippen molar-refractivity contribution in [3.05, 3.63) is 35.4 Å². The number of carboxylic acid groups (broad SMARTS) is 1. The number of aliphatic hydroxyl groups is 1. The van der Waals surface area contributed by atoms with E-state index < -0.39 is 17.2 Å². The highest BCUT2D eigenvalue weighted by atomic mass is 16.6. The van der Waals surface area contributed by atoms with Crippen LogP contribution < -0.4 is 0 Å². The fraction of sp³-hybridized carbons (Fsp3) is 0.839. The maximum Gasteiger partial charge on any atom is 0.309 e. The largest absolute Gasteiger partial charge is 0.481 e. The van der Waals surface area contributed by atoms with Gasteiger partial charge in [-0.25, -0.2) is 0 Å². The summed E-state index contributed by atoms with van der Waals surface area (Å²) >= 11 is 0. The number of carbonyl (C=O) groups is 1. The van der Waals surface area contributed by atoms with Crippen molar-refractivity contribution < 1.29 is 24.5 Å². The Morgan fingerprint density at radius 1 is 0.836 bits per heavy atom. The third kappa shape index (κ3) is 5.97. The molecule has 1 heterocycles. The van der Waals surface area contributed by atoms with Gasteiger partial charge in [0.15, 0.2) is 5.79 Å². The van der Waals surface area contributed by atoms with Gasteiger partial charge in [-0.2, -0.15) is 0 Å². The molecule has 2 spiro atoms. The first-order valence-corrected chi connectivity index (χ1v) is 25.9. The van der Waals surface area contributed by atoms with E-state index in [2.05, 4.69) is 70.7 Å². The second-order valence-corrected chi connectivity index (χ2v) is 24.7. The van der Waals surface area contributed by atoms with E-state index in [9.17, 15) is 15.0 Å². The van der Waals surface area contributed by atoms with Crippen molar-refractivity contribution in [2.75, 3.05) is 13.7 Å². The molecule has 8 fully saturated rings. The van der Waals surface area contributed by atoms with Gasteiger partial charge < -0.3 is 19.7 Å². The molecule has 0 aromatic heterocycles. The van der Waals surface area contributed by atoms with E-state index in [1.807, 2.05) is 0 Å². The van der Waals surface area contributed by atoms with Crippen molar-refractivity contribution in [1.82, 2.24) is 0 Å². The van der Waals surface area contributed by atoms with Gasteiger partial charge in [0.25, 0.3) is 0 Å². The van der Waals surface area contributed by atoms with E-state index in [0.717, 1.165) is 83.2 Å². The summed E-state index contributed by atoms with van der Waals surface area (Å²) in [6, 6.07) is 9.23. The van der Waals surface area contributed by atoms with Gasteiger partial charge in [-0.1, -0.05) is 96.4 Å². The Morgan fingerprint density at radius 2 is 1.57 bits per heavy atom. The zero-order chi connectivity index (χ0) is 42.7. The average Bonchev–Trinajstić information content (AvgIpc) is 3.81. The second-order valence-electron chi connectivity index (χ2n) is 24.7. The summed E-state index contributed by atoms with van der Waals surface area (Å²) in [5, 5.41) is 23.9. The Kier molecular flexibility index (Phi) is 10.6. The molecule has 0 radical (unpaired) electrons. The number of hydrogen-bond acceptors (Lipinski definition) is 4. The fourth-order valence-corrected chi connectivity index (χ4v) is 19.5. The molecular formula is C56H82O5. The lowest BCUT2D eigenvalue weighted by atomic mass is 9.21. The summed E-state index contributed by atoms with van der Waals surface area (Å²) in [6.07, 6.45) is 27.4. The molecule has 4 bridgehead atoms. The van der Waals surface area contributed by atoms with Crippen LogP contribution in [0, 0.1) is 91.2 Å². The molecule has 1 saturated heterocycles. The predicted molar refractivity (Wildman–Crippen MR) is 242 cm³/mol. The van der Waals surface area contributed by atoms with E-state index in [4.69, 9.17) is 9.47 Å². The molecule has 1 unspecified atom stereocenters. The smallest absolute Gasteiger partial charge is 0.309 e. The predicted octanol–water partition coefficient (Wildman–Crippen LogP) is 12.6. The lowest BCUT2D eigenvalue weighted by molar-refractivity contribution is -0.338. The molecule has 1 aromatic rings. The maximum absolute atomic E-state index is 13.3. The quantitative estimate of drug-likeness (QED) is 0.217. The van der Waals surface area contributed by atoms with Crippen LogP contribution in [0.15, 0.2) is 24.3 Å². The van der Waals surface area contributed by atoms with Crippen LogP contribution in [0.2, 0.25) is 0 Å². The molecule has 61 heavy (non-hydrogen) atoms. The van der Waals surface area contributed by atoms with E-state index >= 15 is 0 Å². The standard InChI is InChI=1S/C56H82O5/c1-7-11-44-55-32-31-54-25-10-14-39(16-15-38-12-8-9-13-38)23-26-53(45-37-50(3,48(57)58)28-27-49(45,2)29-30-51(53,54)4)36-43-22-21-42(47(55)52(43,54)5)35-56(44,59)61-46(55)34-41-19-17-40(18-20-41)24-33-60-6/h17-20,38-39,42-47,59H,7-9,11-16,21-24,26-37H2,1-6H3,(H,57,58)/t39-,42-,43-,44+,45-,46+,47?,49+,50-,51+,52+,53-,54-,55-,56+/m1/s1. The Morgan fingerprint density at radius 3 is 2.31 bits per heavy atom. The van der Waals surface area contributed by atoms with E-state index in [1.165, 1.54) is 94.6 Å². The molecule has 15 atom stereocenters. The van der Waals surface area contributed by atoms with Crippen LogP contribution in [-0.4, -0.2) is 41.8 Å². The molecule has 9 aliphatic rings. The van der Waals surface area contributed by atoms with Gasteiger partial charge >= 0.3 is 5.97 Å². The third-order valence-corrected chi connectivity index (χ3v) is 22.5. The zero-order valence-electron chi connectivity index (χ0n) is 39.2. The molecular weight excluding hydrogens is 753 g/mol. The lowest BCUT2D eigenvalue weighted by Crippen LogP contribution is -2.78. The zero-order valence-corrected chi connectivity index (χ0v) is 39.2. The molecule has 5 nitrogen and oxygen atoms in total. The van der Waals surface area contributed by atoms with Gasteiger partial charge in [0.2, 0.25) is 0 Å². The van der Waals surface area contributed by atoms with E-state index in [-0.39, 0.29) is 44.5 Å². The number of rotatable bonds is 11. The van der Waals surface area contributed by atoms with E-state index in [0.29, 0.717) is 29.6 Å². The number of ether oxygens (including phenoxy) is 2. The number of benzene rings is 1. The molecule has 1 aromatic carbocycles. The first kappa shape index (κ1) is 43.0. The SMILES string of the molecule is CCC[C@H]1[C@]23CC[C@@]45C#CC[C@H](CCC6CCCC6)CC[C@@]6(C[C@H]7CC[C@H](C[C@]1(O)O[C@H]2Cc1ccc(CCOC)cc1)C3[C@]74C)[C@@H]1C[C@](C)(C(=O)O)CC[C@@]1(C)CC[C@@]65C. The van der Waals surface area contributed by atoms with Gasteiger partial charge in [-0.05, 0) is 178 Å².